The number of halogens is 1. The van der Waals surface area contributed by atoms with Crippen molar-refractivity contribution in [3.63, 3.8) is 0 Å². The number of anilines is 1. The number of unbranched alkanes of at least 4 members (excludes halogenated alkanes) is 1. The summed E-state index contributed by atoms with van der Waals surface area (Å²) in [5.74, 6) is -0.990. The van der Waals surface area contributed by atoms with E-state index in [1.807, 2.05) is 6.92 Å². The van der Waals surface area contributed by atoms with Gasteiger partial charge in [0.2, 0.25) is 0 Å². The van der Waals surface area contributed by atoms with E-state index in [0.29, 0.717) is 28.5 Å². The molecule has 0 saturated carbocycles. The van der Waals surface area contributed by atoms with Crippen molar-refractivity contribution in [3.05, 3.63) is 87.3 Å². The van der Waals surface area contributed by atoms with E-state index in [2.05, 4.69) is 10.6 Å². The van der Waals surface area contributed by atoms with Crippen molar-refractivity contribution in [2.75, 3.05) is 11.9 Å². The first kappa shape index (κ1) is 26.6. The molecular formula is C26H28ClN3O6. The topological polar surface area (TPSA) is 130 Å². The van der Waals surface area contributed by atoms with Crippen LogP contribution in [0.1, 0.15) is 43.4 Å². The first-order valence-corrected chi connectivity index (χ1v) is 11.8. The number of rotatable bonds is 11. The number of carboxylic acid groups (broad SMARTS) is 1. The molecule has 3 rings (SSSR count). The maximum atomic E-state index is 13.0. The number of nitrogens with zero attached hydrogens (tertiary/aromatic N) is 1. The van der Waals surface area contributed by atoms with Crippen LogP contribution >= 0.6 is 11.6 Å². The fourth-order valence-corrected chi connectivity index (χ4v) is 3.70. The van der Waals surface area contributed by atoms with E-state index in [1.165, 1.54) is 16.8 Å². The van der Waals surface area contributed by atoms with Crippen LogP contribution in [0.5, 0.6) is 11.5 Å². The second-order valence-electron chi connectivity index (χ2n) is 8.12. The third-order valence-electron chi connectivity index (χ3n) is 5.39. The van der Waals surface area contributed by atoms with E-state index in [4.69, 9.17) is 16.3 Å². The summed E-state index contributed by atoms with van der Waals surface area (Å²) in [4.78, 5) is 37.2. The van der Waals surface area contributed by atoms with Gasteiger partial charge in [-0.05, 0) is 41.8 Å². The number of hydrogen-bond donors (Lipinski definition) is 4. The predicted octanol–water partition coefficient (Wildman–Crippen LogP) is 4.77. The molecule has 3 aromatic rings. The van der Waals surface area contributed by atoms with Gasteiger partial charge < -0.3 is 30.2 Å². The maximum Gasteiger partial charge on any atom is 0.319 e. The van der Waals surface area contributed by atoms with Gasteiger partial charge in [-0.25, -0.2) is 4.79 Å². The van der Waals surface area contributed by atoms with Gasteiger partial charge in [0.25, 0.3) is 5.56 Å². The van der Waals surface area contributed by atoms with Gasteiger partial charge in [-0.3, -0.25) is 9.59 Å². The number of pyridine rings is 1. The number of urea groups is 1. The van der Waals surface area contributed by atoms with Crippen LogP contribution in [0.3, 0.4) is 0 Å². The summed E-state index contributed by atoms with van der Waals surface area (Å²) in [5, 5.41) is 25.0. The number of amides is 2. The number of aliphatic carboxylic acids is 1. The molecule has 0 aliphatic heterocycles. The minimum atomic E-state index is -1.12. The fourth-order valence-electron chi connectivity index (χ4n) is 3.51. The largest absolute Gasteiger partial charge is 0.505 e. The van der Waals surface area contributed by atoms with Crippen LogP contribution in [0, 0.1) is 0 Å². The molecule has 36 heavy (non-hydrogen) atoms. The Labute approximate surface area is 213 Å². The van der Waals surface area contributed by atoms with Crippen molar-refractivity contribution >= 4 is 29.3 Å². The lowest BCUT2D eigenvalue weighted by atomic mass is 10.0. The molecule has 1 heterocycles. The average molecular weight is 514 g/mol. The number of ether oxygens (including phenoxy) is 1. The van der Waals surface area contributed by atoms with Gasteiger partial charge in [0.05, 0.1) is 25.6 Å². The molecule has 0 saturated heterocycles. The number of nitrogens with one attached hydrogen (secondary N) is 2. The molecule has 190 valence electrons. The molecule has 0 aliphatic rings. The van der Waals surface area contributed by atoms with Crippen LogP contribution in [0.4, 0.5) is 10.5 Å². The normalized spacial score (nSPS) is 11.5. The summed E-state index contributed by atoms with van der Waals surface area (Å²) in [6, 6.07) is 13.3. The zero-order chi connectivity index (χ0) is 26.1. The van der Waals surface area contributed by atoms with Gasteiger partial charge >= 0.3 is 12.0 Å². The monoisotopic (exact) mass is 513 g/mol. The molecule has 0 spiro atoms. The smallest absolute Gasteiger partial charge is 0.319 e. The summed E-state index contributed by atoms with van der Waals surface area (Å²) in [6.45, 7) is 2.69. The third kappa shape index (κ3) is 7.26. The minimum absolute atomic E-state index is 0.127. The van der Waals surface area contributed by atoms with Gasteiger partial charge in [-0.1, -0.05) is 55.3 Å². The second-order valence-corrected chi connectivity index (χ2v) is 8.53. The molecule has 9 nitrogen and oxygen atoms in total. The average Bonchev–Trinajstić information content (AvgIpc) is 2.84. The van der Waals surface area contributed by atoms with Crippen LogP contribution < -0.4 is 20.9 Å². The van der Waals surface area contributed by atoms with E-state index in [1.54, 1.807) is 48.5 Å². The number of carbonyl (C=O) groups is 2. The maximum absolute atomic E-state index is 13.0. The molecule has 0 bridgehead atoms. The number of carbonyl (C=O) groups excluding carboxylic acids is 1. The lowest BCUT2D eigenvalue weighted by molar-refractivity contribution is -0.137. The molecule has 0 aliphatic carbocycles. The quantitative estimate of drug-likeness (QED) is 0.273. The number of benzene rings is 2. The van der Waals surface area contributed by atoms with Gasteiger partial charge in [-0.2, -0.15) is 0 Å². The van der Waals surface area contributed by atoms with E-state index >= 15 is 0 Å². The fraction of sp³-hybridized carbons (Fsp3) is 0.269. The Kier molecular flexibility index (Phi) is 9.35. The van der Waals surface area contributed by atoms with E-state index in [-0.39, 0.29) is 12.2 Å². The summed E-state index contributed by atoms with van der Waals surface area (Å²) in [6.07, 6.45) is 2.83. The highest BCUT2D eigenvalue weighted by molar-refractivity contribution is 6.31. The first-order valence-electron chi connectivity index (χ1n) is 11.5. The molecular weight excluding hydrogens is 486 g/mol. The number of carboxylic acids is 1. The van der Waals surface area contributed by atoms with Crippen molar-refractivity contribution in [1.82, 2.24) is 9.88 Å². The van der Waals surface area contributed by atoms with Crippen molar-refractivity contribution in [1.29, 1.82) is 0 Å². The number of aromatic hydroxyl groups is 1. The molecule has 2 amide bonds. The molecule has 4 N–H and O–H groups in total. The Balaban J connectivity index is 1.78. The Bertz CT molecular complexity index is 1280. The van der Waals surface area contributed by atoms with Crippen molar-refractivity contribution < 1.29 is 24.5 Å². The van der Waals surface area contributed by atoms with Crippen LogP contribution in [-0.4, -0.2) is 33.4 Å². The summed E-state index contributed by atoms with van der Waals surface area (Å²) in [7, 11) is 0. The molecule has 10 heteroatoms. The first-order chi connectivity index (χ1) is 17.3. The second kappa shape index (κ2) is 12.6. The Morgan fingerprint density at radius 2 is 1.92 bits per heavy atom. The van der Waals surface area contributed by atoms with Crippen LogP contribution in [-0.2, 0) is 11.3 Å². The molecule has 0 radical (unpaired) electrons. The van der Waals surface area contributed by atoms with Gasteiger partial charge in [0.15, 0.2) is 5.69 Å². The highest BCUT2D eigenvalue weighted by Gasteiger charge is 2.21. The lowest BCUT2D eigenvalue weighted by Gasteiger charge is -2.19. The summed E-state index contributed by atoms with van der Waals surface area (Å²) >= 11 is 6.18. The Morgan fingerprint density at radius 1 is 1.14 bits per heavy atom. The molecule has 1 atom stereocenters. The van der Waals surface area contributed by atoms with Crippen LogP contribution in [0.15, 0.2) is 65.6 Å². The molecule has 1 aromatic heterocycles. The number of aromatic nitrogens is 1. The van der Waals surface area contributed by atoms with Gasteiger partial charge in [-0.15, -0.1) is 0 Å². The van der Waals surface area contributed by atoms with Crippen molar-refractivity contribution in [3.8, 4) is 11.5 Å². The summed E-state index contributed by atoms with van der Waals surface area (Å²) < 4.78 is 6.98. The lowest BCUT2D eigenvalue weighted by Crippen LogP contribution is -2.36. The van der Waals surface area contributed by atoms with E-state index in [0.717, 1.165) is 12.8 Å². The predicted molar refractivity (Wildman–Crippen MR) is 137 cm³/mol. The van der Waals surface area contributed by atoms with Crippen LogP contribution in [0.2, 0.25) is 5.02 Å². The highest BCUT2D eigenvalue weighted by Crippen LogP contribution is 2.24. The van der Waals surface area contributed by atoms with Crippen molar-refractivity contribution in [2.24, 2.45) is 0 Å². The van der Waals surface area contributed by atoms with Gasteiger partial charge in [0, 0.05) is 11.2 Å². The Morgan fingerprint density at radius 3 is 2.64 bits per heavy atom. The minimum Gasteiger partial charge on any atom is -0.505 e. The SMILES string of the molecule is CCCCOc1cccc([C@H](CC(=O)O)NC(=O)Nc2c(O)ccn(Cc3ccccc3Cl)c2=O)c1. The van der Waals surface area contributed by atoms with E-state index < -0.39 is 35.8 Å². The molecule has 0 fully saturated rings. The zero-order valence-electron chi connectivity index (χ0n) is 19.7. The van der Waals surface area contributed by atoms with E-state index in [9.17, 15) is 24.6 Å². The molecule has 2 aromatic carbocycles. The third-order valence-corrected chi connectivity index (χ3v) is 5.76. The standard InChI is InChI=1S/C26H28ClN3O6/c1-2-3-13-36-19-9-6-8-17(14-19)21(15-23(32)33)28-26(35)29-24-22(31)11-12-30(25(24)34)16-18-7-4-5-10-20(18)27/h4-12,14,21,31H,2-3,13,15-16H2,1H3,(H,32,33)(H2,28,29,35)/t21-/m0/s1. The zero-order valence-corrected chi connectivity index (χ0v) is 20.5. The molecule has 0 unspecified atom stereocenters. The summed E-state index contributed by atoms with van der Waals surface area (Å²) in [5.41, 5.74) is 0.221. The highest BCUT2D eigenvalue weighted by atomic mass is 35.5. The van der Waals surface area contributed by atoms with Crippen LogP contribution in [0.25, 0.3) is 0 Å². The van der Waals surface area contributed by atoms with Crippen molar-refractivity contribution in [2.45, 2.75) is 38.8 Å². The Hall–Kier alpha value is -3.98. The number of hydrogen-bond acceptors (Lipinski definition) is 5. The van der Waals surface area contributed by atoms with Gasteiger partial charge in [0.1, 0.15) is 11.5 Å².